The third-order valence-electron chi connectivity index (χ3n) is 3.32. The van der Waals surface area contributed by atoms with Gasteiger partial charge >= 0.3 is 0 Å². The lowest BCUT2D eigenvalue weighted by Gasteiger charge is -2.22. The predicted molar refractivity (Wildman–Crippen MR) is 64.1 cm³/mol. The Morgan fingerprint density at radius 3 is 3.21 bits per heavy atom. The molecular formula is C11H16N6O2. The van der Waals surface area contributed by atoms with E-state index in [2.05, 4.69) is 35.0 Å². The van der Waals surface area contributed by atoms with Crippen LogP contribution in [0.2, 0.25) is 0 Å². The number of H-pyrrole nitrogens is 1. The highest BCUT2D eigenvalue weighted by Gasteiger charge is 2.32. The van der Waals surface area contributed by atoms with Gasteiger partial charge in [0.1, 0.15) is 17.8 Å². The van der Waals surface area contributed by atoms with E-state index < -0.39 is 0 Å². The molecule has 3 heterocycles. The average Bonchev–Trinajstić information content (AvgIpc) is 3.09. The third kappa shape index (κ3) is 2.79. The van der Waals surface area contributed by atoms with E-state index in [0.29, 0.717) is 6.54 Å². The molecule has 2 aromatic heterocycles. The monoisotopic (exact) mass is 264 g/mol. The zero-order valence-electron chi connectivity index (χ0n) is 10.7. The van der Waals surface area contributed by atoms with Crippen LogP contribution in [0.5, 0.6) is 0 Å². The SMILES string of the molecule is CN(Cc1cnon1)C[C@H]1OCC[C@H]1c1ncn[nH]1. The molecule has 0 aromatic carbocycles. The zero-order valence-corrected chi connectivity index (χ0v) is 10.7. The maximum atomic E-state index is 5.79. The van der Waals surface area contributed by atoms with Crippen LogP contribution in [-0.4, -0.2) is 56.7 Å². The minimum Gasteiger partial charge on any atom is -0.376 e. The number of aromatic amines is 1. The van der Waals surface area contributed by atoms with Crippen molar-refractivity contribution in [3.8, 4) is 0 Å². The quantitative estimate of drug-likeness (QED) is 0.824. The summed E-state index contributed by atoms with van der Waals surface area (Å²) in [6.45, 7) is 2.25. The van der Waals surface area contributed by atoms with Crippen LogP contribution in [0.4, 0.5) is 0 Å². The smallest absolute Gasteiger partial charge is 0.137 e. The van der Waals surface area contributed by atoms with Crippen LogP contribution >= 0.6 is 0 Å². The van der Waals surface area contributed by atoms with Crippen LogP contribution in [0, 0.1) is 0 Å². The topological polar surface area (TPSA) is 93.0 Å². The molecular weight excluding hydrogens is 248 g/mol. The van der Waals surface area contributed by atoms with E-state index in [4.69, 9.17) is 4.74 Å². The number of ether oxygens (including phenoxy) is 1. The first kappa shape index (κ1) is 12.2. The Hall–Kier alpha value is -1.80. The van der Waals surface area contributed by atoms with Crippen LogP contribution in [0.25, 0.3) is 0 Å². The van der Waals surface area contributed by atoms with Gasteiger partial charge in [-0.05, 0) is 13.5 Å². The molecule has 0 unspecified atom stereocenters. The molecule has 1 aliphatic rings. The fourth-order valence-electron chi connectivity index (χ4n) is 2.44. The van der Waals surface area contributed by atoms with Crippen LogP contribution in [-0.2, 0) is 11.3 Å². The number of nitrogens with one attached hydrogen (secondary N) is 1. The minimum absolute atomic E-state index is 0.123. The van der Waals surface area contributed by atoms with E-state index in [1.54, 1.807) is 6.20 Å². The van der Waals surface area contributed by atoms with Crippen LogP contribution in [0.15, 0.2) is 17.2 Å². The van der Waals surface area contributed by atoms with E-state index in [0.717, 1.165) is 31.1 Å². The fraction of sp³-hybridized carbons (Fsp3) is 0.636. The molecule has 0 spiro atoms. The van der Waals surface area contributed by atoms with Crippen molar-refractivity contribution in [1.82, 2.24) is 30.4 Å². The molecule has 0 radical (unpaired) electrons. The molecule has 1 fully saturated rings. The molecule has 0 saturated carbocycles. The summed E-state index contributed by atoms with van der Waals surface area (Å²) in [6.07, 6.45) is 4.26. The van der Waals surface area contributed by atoms with Crippen molar-refractivity contribution in [1.29, 1.82) is 0 Å². The maximum Gasteiger partial charge on any atom is 0.137 e. The Bertz CT molecular complexity index is 485. The molecule has 19 heavy (non-hydrogen) atoms. The Balaban J connectivity index is 1.59. The van der Waals surface area contributed by atoms with Crippen LogP contribution in [0.1, 0.15) is 23.9 Å². The van der Waals surface area contributed by atoms with Crippen molar-refractivity contribution >= 4 is 0 Å². The number of aromatic nitrogens is 5. The molecule has 2 atom stereocenters. The summed E-state index contributed by atoms with van der Waals surface area (Å²) >= 11 is 0. The molecule has 0 amide bonds. The van der Waals surface area contributed by atoms with E-state index in [-0.39, 0.29) is 12.0 Å². The van der Waals surface area contributed by atoms with Gasteiger partial charge in [-0.3, -0.25) is 10.00 Å². The summed E-state index contributed by atoms with van der Waals surface area (Å²) in [5.41, 5.74) is 0.816. The highest BCUT2D eigenvalue weighted by Crippen LogP contribution is 2.29. The van der Waals surface area contributed by atoms with Crippen molar-refractivity contribution in [2.24, 2.45) is 0 Å². The minimum atomic E-state index is 0.123. The van der Waals surface area contributed by atoms with Gasteiger partial charge in [-0.15, -0.1) is 0 Å². The van der Waals surface area contributed by atoms with Crippen molar-refractivity contribution < 1.29 is 9.37 Å². The molecule has 1 aliphatic heterocycles. The third-order valence-corrected chi connectivity index (χ3v) is 3.32. The summed E-state index contributed by atoms with van der Waals surface area (Å²) in [6, 6.07) is 0. The summed E-state index contributed by atoms with van der Waals surface area (Å²) < 4.78 is 10.4. The van der Waals surface area contributed by atoms with Gasteiger partial charge in [-0.2, -0.15) is 5.10 Å². The molecule has 3 rings (SSSR count). The molecule has 102 valence electrons. The first-order valence-corrected chi connectivity index (χ1v) is 6.25. The van der Waals surface area contributed by atoms with Gasteiger partial charge in [-0.25, -0.2) is 9.61 Å². The van der Waals surface area contributed by atoms with E-state index in [9.17, 15) is 0 Å². The number of likely N-dealkylation sites (N-methyl/N-ethyl adjacent to an activating group) is 1. The molecule has 1 N–H and O–H groups in total. The Kier molecular flexibility index (Phi) is 3.51. The van der Waals surface area contributed by atoms with Gasteiger partial charge in [0.25, 0.3) is 0 Å². The normalized spacial score (nSPS) is 23.3. The number of hydrogen-bond acceptors (Lipinski definition) is 7. The van der Waals surface area contributed by atoms with Gasteiger partial charge < -0.3 is 4.74 Å². The van der Waals surface area contributed by atoms with Crippen LogP contribution < -0.4 is 0 Å². The summed E-state index contributed by atoms with van der Waals surface area (Å²) in [4.78, 5) is 6.37. The van der Waals surface area contributed by atoms with Crippen molar-refractivity contribution in [3.05, 3.63) is 24.0 Å². The van der Waals surface area contributed by atoms with E-state index in [1.165, 1.54) is 6.33 Å². The summed E-state index contributed by atoms with van der Waals surface area (Å²) in [5, 5.41) is 14.2. The van der Waals surface area contributed by atoms with E-state index >= 15 is 0 Å². The Labute approximate surface area is 110 Å². The molecule has 8 nitrogen and oxygen atoms in total. The molecule has 0 aliphatic carbocycles. The summed E-state index contributed by atoms with van der Waals surface area (Å²) in [5.74, 6) is 1.18. The standard InChI is InChI=1S/C11H16N6O2/c1-17(5-8-4-14-19-16-8)6-10-9(2-3-18-10)11-12-7-13-15-11/h4,7,9-10H,2-3,5-6H2,1H3,(H,12,13,15)/t9-,10-/m1/s1. The second-order valence-electron chi connectivity index (χ2n) is 4.77. The van der Waals surface area contributed by atoms with Gasteiger partial charge in [0.2, 0.25) is 0 Å². The first-order valence-electron chi connectivity index (χ1n) is 6.25. The van der Waals surface area contributed by atoms with Crippen molar-refractivity contribution in [3.63, 3.8) is 0 Å². The summed E-state index contributed by atoms with van der Waals surface area (Å²) in [7, 11) is 2.02. The number of rotatable bonds is 5. The Morgan fingerprint density at radius 2 is 2.47 bits per heavy atom. The van der Waals surface area contributed by atoms with Gasteiger partial charge in [0.05, 0.1) is 12.3 Å². The second-order valence-corrected chi connectivity index (χ2v) is 4.77. The van der Waals surface area contributed by atoms with Crippen molar-refractivity contribution in [2.75, 3.05) is 20.2 Å². The van der Waals surface area contributed by atoms with Gasteiger partial charge in [0, 0.05) is 25.6 Å². The predicted octanol–water partition coefficient (Wildman–Crippen LogP) is 0.192. The molecule has 8 heteroatoms. The van der Waals surface area contributed by atoms with Crippen LogP contribution in [0.3, 0.4) is 0 Å². The number of hydrogen-bond donors (Lipinski definition) is 1. The largest absolute Gasteiger partial charge is 0.376 e. The highest BCUT2D eigenvalue weighted by atomic mass is 16.6. The average molecular weight is 264 g/mol. The zero-order chi connectivity index (χ0) is 13.1. The van der Waals surface area contributed by atoms with Gasteiger partial charge in [0.15, 0.2) is 0 Å². The molecule has 2 aromatic rings. The highest BCUT2D eigenvalue weighted by molar-refractivity contribution is 5.01. The Morgan fingerprint density at radius 1 is 1.53 bits per heavy atom. The molecule has 0 bridgehead atoms. The fourth-order valence-corrected chi connectivity index (χ4v) is 2.44. The van der Waals surface area contributed by atoms with Gasteiger partial charge in [-0.1, -0.05) is 10.3 Å². The molecule has 1 saturated heterocycles. The second kappa shape index (κ2) is 5.45. The lowest BCUT2D eigenvalue weighted by molar-refractivity contribution is 0.0705. The maximum absolute atomic E-state index is 5.79. The first-order chi connectivity index (χ1) is 9.33. The lowest BCUT2D eigenvalue weighted by Crippen LogP contribution is -2.32. The van der Waals surface area contributed by atoms with Crippen molar-refractivity contribution in [2.45, 2.75) is 25.0 Å². The lowest BCUT2D eigenvalue weighted by atomic mass is 10.0. The van der Waals surface area contributed by atoms with E-state index in [1.807, 2.05) is 7.05 Å². The number of nitrogens with zero attached hydrogens (tertiary/aromatic N) is 5.